The van der Waals surface area contributed by atoms with E-state index in [1.54, 1.807) is 0 Å². The molecule has 2 rings (SSSR count). The molecule has 0 bridgehead atoms. The van der Waals surface area contributed by atoms with Crippen LogP contribution in [0.25, 0.3) is 0 Å². The molecular weight excluding hydrogens is 200 g/mol. The van der Waals surface area contributed by atoms with Crippen molar-refractivity contribution in [3.8, 4) is 0 Å². The van der Waals surface area contributed by atoms with Crippen molar-refractivity contribution in [3.05, 3.63) is 18.7 Å². The number of imidazole rings is 1. The maximum atomic E-state index is 4.04. The quantitative estimate of drug-likeness (QED) is 0.823. The molecule has 1 aromatic heterocycles. The Kier molecular flexibility index (Phi) is 3.96. The molecular formula is C12H22N4. The van der Waals surface area contributed by atoms with E-state index in [-0.39, 0.29) is 0 Å². The van der Waals surface area contributed by atoms with E-state index in [4.69, 9.17) is 0 Å². The third-order valence-corrected chi connectivity index (χ3v) is 3.57. The van der Waals surface area contributed by atoms with Crippen molar-refractivity contribution >= 4 is 0 Å². The molecule has 1 saturated heterocycles. The van der Waals surface area contributed by atoms with Crippen molar-refractivity contribution < 1.29 is 0 Å². The average Bonchev–Trinajstić information content (AvgIpc) is 2.76. The predicted octanol–water partition coefficient (Wildman–Crippen LogP) is 0.955. The Labute approximate surface area is 97.7 Å². The predicted molar refractivity (Wildman–Crippen MR) is 65.3 cm³/mol. The average molecular weight is 222 g/mol. The summed E-state index contributed by atoms with van der Waals surface area (Å²) in [7, 11) is 2.21. The molecule has 0 aromatic carbocycles. The zero-order chi connectivity index (χ0) is 11.4. The lowest BCUT2D eigenvalue weighted by atomic mass is 9.99. The van der Waals surface area contributed by atoms with Gasteiger partial charge in [0.2, 0.25) is 0 Å². The minimum Gasteiger partial charge on any atom is -0.336 e. The molecule has 1 N–H and O–H groups in total. The Morgan fingerprint density at radius 1 is 1.50 bits per heavy atom. The molecule has 16 heavy (non-hydrogen) atoms. The highest BCUT2D eigenvalue weighted by Crippen LogP contribution is 2.14. The summed E-state index contributed by atoms with van der Waals surface area (Å²) in [4.78, 5) is 6.48. The SMILES string of the molecule is CC1CC(NCCn2ccnc2)CCN1C. The zero-order valence-corrected chi connectivity index (χ0v) is 10.3. The summed E-state index contributed by atoms with van der Waals surface area (Å²) in [6, 6.07) is 1.40. The number of aromatic nitrogens is 2. The van der Waals surface area contributed by atoms with Gasteiger partial charge in [-0.3, -0.25) is 0 Å². The van der Waals surface area contributed by atoms with Crippen LogP contribution in [-0.4, -0.2) is 46.7 Å². The molecule has 1 aromatic rings. The molecule has 2 heterocycles. The lowest BCUT2D eigenvalue weighted by molar-refractivity contribution is 0.168. The Bertz CT molecular complexity index is 296. The van der Waals surface area contributed by atoms with Crippen LogP contribution < -0.4 is 5.32 Å². The van der Waals surface area contributed by atoms with Crippen LogP contribution in [0.1, 0.15) is 19.8 Å². The highest BCUT2D eigenvalue weighted by molar-refractivity contribution is 4.81. The highest BCUT2D eigenvalue weighted by Gasteiger charge is 2.21. The normalized spacial score (nSPS) is 27.1. The molecule has 1 aliphatic heterocycles. The van der Waals surface area contributed by atoms with Gasteiger partial charge >= 0.3 is 0 Å². The second-order valence-electron chi connectivity index (χ2n) is 4.81. The van der Waals surface area contributed by atoms with E-state index in [1.807, 2.05) is 18.7 Å². The van der Waals surface area contributed by atoms with Gasteiger partial charge in [-0.05, 0) is 33.4 Å². The summed E-state index contributed by atoms with van der Waals surface area (Å²) in [6.07, 6.45) is 8.25. The van der Waals surface area contributed by atoms with E-state index >= 15 is 0 Å². The summed E-state index contributed by atoms with van der Waals surface area (Å²) in [6.45, 7) is 5.58. The molecule has 0 spiro atoms. The lowest BCUT2D eigenvalue weighted by Crippen LogP contribution is -2.46. The van der Waals surface area contributed by atoms with E-state index in [9.17, 15) is 0 Å². The summed E-state index contributed by atoms with van der Waals surface area (Å²) < 4.78 is 2.12. The first-order valence-electron chi connectivity index (χ1n) is 6.15. The van der Waals surface area contributed by atoms with Gasteiger partial charge in [0.1, 0.15) is 0 Å². The Morgan fingerprint density at radius 2 is 2.38 bits per heavy atom. The first-order valence-corrected chi connectivity index (χ1v) is 6.15. The maximum Gasteiger partial charge on any atom is 0.0946 e. The molecule has 0 saturated carbocycles. The third-order valence-electron chi connectivity index (χ3n) is 3.57. The summed E-state index contributed by atoms with van der Waals surface area (Å²) in [5.74, 6) is 0. The molecule has 1 aliphatic rings. The monoisotopic (exact) mass is 222 g/mol. The maximum absolute atomic E-state index is 4.04. The van der Waals surface area contributed by atoms with Gasteiger partial charge in [0.15, 0.2) is 0 Å². The fraction of sp³-hybridized carbons (Fsp3) is 0.750. The molecule has 0 radical (unpaired) electrons. The highest BCUT2D eigenvalue weighted by atomic mass is 15.1. The van der Waals surface area contributed by atoms with Gasteiger partial charge in [-0.2, -0.15) is 0 Å². The van der Waals surface area contributed by atoms with Gasteiger partial charge in [-0.1, -0.05) is 0 Å². The van der Waals surface area contributed by atoms with E-state index in [0.717, 1.165) is 13.1 Å². The first-order chi connectivity index (χ1) is 7.75. The molecule has 4 nitrogen and oxygen atoms in total. The van der Waals surface area contributed by atoms with Gasteiger partial charge in [0, 0.05) is 37.6 Å². The van der Waals surface area contributed by atoms with Gasteiger partial charge < -0.3 is 14.8 Å². The number of nitrogens with zero attached hydrogens (tertiary/aromatic N) is 3. The molecule has 1 fully saturated rings. The van der Waals surface area contributed by atoms with Crippen LogP contribution in [0.3, 0.4) is 0 Å². The van der Waals surface area contributed by atoms with Crippen LogP contribution in [0.2, 0.25) is 0 Å². The third kappa shape index (κ3) is 3.06. The van der Waals surface area contributed by atoms with Crippen molar-refractivity contribution in [3.63, 3.8) is 0 Å². The summed E-state index contributed by atoms with van der Waals surface area (Å²) in [5, 5.41) is 3.64. The lowest BCUT2D eigenvalue weighted by Gasteiger charge is -2.35. The number of hydrogen-bond donors (Lipinski definition) is 1. The molecule has 0 aliphatic carbocycles. The molecule has 0 amide bonds. The number of piperidine rings is 1. The Hall–Kier alpha value is -0.870. The molecule has 90 valence electrons. The van der Waals surface area contributed by atoms with Crippen molar-refractivity contribution in [1.82, 2.24) is 19.8 Å². The van der Waals surface area contributed by atoms with Crippen LogP contribution in [0.15, 0.2) is 18.7 Å². The van der Waals surface area contributed by atoms with Crippen LogP contribution in [0.4, 0.5) is 0 Å². The summed E-state index contributed by atoms with van der Waals surface area (Å²) >= 11 is 0. The number of likely N-dealkylation sites (tertiary alicyclic amines) is 1. The van der Waals surface area contributed by atoms with E-state index < -0.39 is 0 Å². The van der Waals surface area contributed by atoms with Crippen LogP contribution in [0, 0.1) is 0 Å². The van der Waals surface area contributed by atoms with Gasteiger partial charge in [0.25, 0.3) is 0 Å². The van der Waals surface area contributed by atoms with Crippen molar-refractivity contribution in [2.75, 3.05) is 20.1 Å². The Balaban J connectivity index is 1.67. The van der Waals surface area contributed by atoms with Crippen LogP contribution >= 0.6 is 0 Å². The largest absolute Gasteiger partial charge is 0.336 e. The van der Waals surface area contributed by atoms with E-state index in [0.29, 0.717) is 12.1 Å². The first kappa shape index (κ1) is 11.6. The van der Waals surface area contributed by atoms with E-state index in [1.165, 1.54) is 19.4 Å². The zero-order valence-electron chi connectivity index (χ0n) is 10.3. The minimum atomic E-state index is 0.690. The number of rotatable bonds is 4. The van der Waals surface area contributed by atoms with E-state index in [2.05, 4.69) is 33.7 Å². The second-order valence-corrected chi connectivity index (χ2v) is 4.81. The number of hydrogen-bond acceptors (Lipinski definition) is 3. The van der Waals surface area contributed by atoms with Gasteiger partial charge in [-0.15, -0.1) is 0 Å². The van der Waals surface area contributed by atoms with Gasteiger partial charge in [-0.25, -0.2) is 4.98 Å². The topological polar surface area (TPSA) is 33.1 Å². The summed E-state index contributed by atoms with van der Waals surface area (Å²) in [5.41, 5.74) is 0. The number of nitrogens with one attached hydrogen (secondary N) is 1. The second kappa shape index (κ2) is 5.46. The molecule has 4 heteroatoms. The standard InChI is InChI=1S/C12H22N4/c1-11-9-12(3-6-15(11)2)14-5-8-16-7-4-13-10-16/h4,7,10-12,14H,3,5-6,8-9H2,1-2H3. The minimum absolute atomic E-state index is 0.690. The Morgan fingerprint density at radius 3 is 3.06 bits per heavy atom. The van der Waals surface area contributed by atoms with Gasteiger partial charge in [0.05, 0.1) is 6.33 Å². The smallest absolute Gasteiger partial charge is 0.0946 e. The van der Waals surface area contributed by atoms with Crippen LogP contribution in [-0.2, 0) is 6.54 Å². The van der Waals surface area contributed by atoms with Crippen molar-refractivity contribution in [2.24, 2.45) is 0 Å². The van der Waals surface area contributed by atoms with Crippen molar-refractivity contribution in [1.29, 1.82) is 0 Å². The fourth-order valence-electron chi connectivity index (χ4n) is 2.29. The van der Waals surface area contributed by atoms with Crippen LogP contribution in [0.5, 0.6) is 0 Å². The fourth-order valence-corrected chi connectivity index (χ4v) is 2.29. The molecule has 2 atom stereocenters. The molecule has 2 unspecified atom stereocenters. The van der Waals surface area contributed by atoms with Crippen molar-refractivity contribution in [2.45, 2.75) is 38.4 Å².